The largest absolute Gasteiger partial charge is 0.316 e. The van der Waals surface area contributed by atoms with Gasteiger partial charge in [0.25, 0.3) is 0 Å². The molecule has 2 N–H and O–H groups in total. The van der Waals surface area contributed by atoms with E-state index in [4.69, 9.17) is 0 Å². The number of anilines is 1. The van der Waals surface area contributed by atoms with Crippen molar-refractivity contribution < 1.29 is 4.79 Å². The number of aryl methyl sites for hydroxylation is 3. The Morgan fingerprint density at radius 3 is 2.67 bits per heavy atom. The zero-order chi connectivity index (χ0) is 13.3. The Morgan fingerprint density at radius 1 is 1.44 bits per heavy atom. The van der Waals surface area contributed by atoms with Crippen LogP contribution in [0.1, 0.15) is 35.5 Å². The molecule has 0 radical (unpaired) electrons. The summed E-state index contributed by atoms with van der Waals surface area (Å²) in [6.07, 6.45) is 0. The molecule has 0 saturated carbocycles. The third kappa shape index (κ3) is 2.43. The third-order valence-electron chi connectivity index (χ3n) is 2.89. The molecule has 2 heterocycles. The Hall–Kier alpha value is -1.69. The lowest BCUT2D eigenvalue weighted by Gasteiger charge is -2.11. The highest BCUT2D eigenvalue weighted by molar-refractivity contribution is 7.10. The minimum absolute atomic E-state index is 0.0359. The van der Waals surface area contributed by atoms with Gasteiger partial charge in [-0.2, -0.15) is 9.47 Å². The molecule has 1 amide bonds. The van der Waals surface area contributed by atoms with Gasteiger partial charge in [-0.05, 0) is 45.3 Å². The van der Waals surface area contributed by atoms with Crippen LogP contribution >= 0.6 is 11.5 Å². The average molecular weight is 264 g/mol. The average Bonchev–Trinajstić information content (AvgIpc) is 2.85. The van der Waals surface area contributed by atoms with Crippen LogP contribution in [0.25, 0.3) is 0 Å². The van der Waals surface area contributed by atoms with E-state index < -0.39 is 0 Å². The molecule has 0 fully saturated rings. The molecular weight excluding hydrogens is 248 g/mol. The van der Waals surface area contributed by atoms with Gasteiger partial charge in [0.2, 0.25) is 5.91 Å². The highest BCUT2D eigenvalue weighted by atomic mass is 32.1. The van der Waals surface area contributed by atoms with Crippen LogP contribution < -0.4 is 5.32 Å². The standard InChI is InChI=1S/C12H16N4OS/c1-6-5-10(18-16-6)13-12(17)7(2)11-8(3)14-15-9(11)4/h5,7H,1-4H3,(H,13,17)(H,14,15). The lowest BCUT2D eigenvalue weighted by molar-refractivity contribution is -0.117. The lowest BCUT2D eigenvalue weighted by atomic mass is 9.98. The number of rotatable bonds is 3. The number of aromatic amines is 1. The Balaban J connectivity index is 2.14. The highest BCUT2D eigenvalue weighted by Gasteiger charge is 2.21. The highest BCUT2D eigenvalue weighted by Crippen LogP contribution is 2.24. The van der Waals surface area contributed by atoms with E-state index in [-0.39, 0.29) is 11.8 Å². The van der Waals surface area contributed by atoms with Gasteiger partial charge in [0.05, 0.1) is 17.3 Å². The van der Waals surface area contributed by atoms with Crippen molar-refractivity contribution in [2.45, 2.75) is 33.6 Å². The fourth-order valence-corrected chi connectivity index (χ4v) is 2.65. The topological polar surface area (TPSA) is 70.7 Å². The molecule has 5 nitrogen and oxygen atoms in total. The molecule has 0 aliphatic rings. The van der Waals surface area contributed by atoms with Crippen molar-refractivity contribution in [3.63, 3.8) is 0 Å². The number of aromatic nitrogens is 3. The second kappa shape index (κ2) is 4.89. The van der Waals surface area contributed by atoms with E-state index in [2.05, 4.69) is 19.9 Å². The second-order valence-electron chi connectivity index (χ2n) is 4.39. The molecule has 6 heteroatoms. The molecule has 2 rings (SSSR count). The molecule has 0 aliphatic carbocycles. The summed E-state index contributed by atoms with van der Waals surface area (Å²) in [5.41, 5.74) is 3.69. The van der Waals surface area contributed by atoms with Gasteiger partial charge in [-0.1, -0.05) is 0 Å². The number of nitrogens with one attached hydrogen (secondary N) is 2. The monoisotopic (exact) mass is 264 g/mol. The summed E-state index contributed by atoms with van der Waals surface area (Å²) in [5.74, 6) is -0.266. The molecule has 0 saturated heterocycles. The first-order valence-electron chi connectivity index (χ1n) is 5.74. The Labute approximate surface area is 110 Å². The maximum absolute atomic E-state index is 12.2. The zero-order valence-corrected chi connectivity index (χ0v) is 11.7. The van der Waals surface area contributed by atoms with Crippen LogP contribution in [0.2, 0.25) is 0 Å². The van der Waals surface area contributed by atoms with Crippen LogP contribution in [-0.2, 0) is 4.79 Å². The predicted molar refractivity (Wildman–Crippen MR) is 72.0 cm³/mol. The first-order valence-corrected chi connectivity index (χ1v) is 6.52. The molecule has 0 aromatic carbocycles. The molecule has 0 bridgehead atoms. The molecule has 1 atom stereocenters. The van der Waals surface area contributed by atoms with E-state index in [0.717, 1.165) is 27.6 Å². The minimum Gasteiger partial charge on any atom is -0.316 e. The van der Waals surface area contributed by atoms with E-state index >= 15 is 0 Å². The SMILES string of the molecule is Cc1cc(NC(=O)C(C)c2c(C)n[nH]c2C)sn1. The fraction of sp³-hybridized carbons (Fsp3) is 0.417. The van der Waals surface area contributed by atoms with Crippen LogP contribution in [0.3, 0.4) is 0 Å². The summed E-state index contributed by atoms with van der Waals surface area (Å²) >= 11 is 1.30. The van der Waals surface area contributed by atoms with Crippen molar-refractivity contribution in [3.05, 3.63) is 28.7 Å². The minimum atomic E-state index is -0.230. The van der Waals surface area contributed by atoms with Crippen molar-refractivity contribution in [2.75, 3.05) is 5.32 Å². The van der Waals surface area contributed by atoms with E-state index in [0.29, 0.717) is 0 Å². The number of hydrogen-bond acceptors (Lipinski definition) is 4. The summed E-state index contributed by atoms with van der Waals surface area (Å²) in [6, 6.07) is 1.87. The number of H-pyrrole nitrogens is 1. The number of carbonyl (C=O) groups is 1. The third-order valence-corrected chi connectivity index (χ3v) is 3.68. The summed E-state index contributed by atoms with van der Waals surface area (Å²) in [6.45, 7) is 7.61. The van der Waals surface area contributed by atoms with E-state index in [1.165, 1.54) is 11.5 Å². The number of amides is 1. The van der Waals surface area contributed by atoms with Crippen molar-refractivity contribution >= 4 is 22.4 Å². The summed E-state index contributed by atoms with van der Waals surface area (Å²) in [7, 11) is 0. The van der Waals surface area contributed by atoms with Crippen LogP contribution in [0, 0.1) is 20.8 Å². The molecule has 0 spiro atoms. The van der Waals surface area contributed by atoms with Gasteiger partial charge in [0.1, 0.15) is 5.00 Å². The van der Waals surface area contributed by atoms with Crippen molar-refractivity contribution in [1.29, 1.82) is 0 Å². The maximum Gasteiger partial charge on any atom is 0.232 e. The van der Waals surface area contributed by atoms with Gasteiger partial charge in [-0.3, -0.25) is 9.89 Å². The lowest BCUT2D eigenvalue weighted by Crippen LogP contribution is -2.19. The van der Waals surface area contributed by atoms with Gasteiger partial charge in [-0.25, -0.2) is 0 Å². The number of nitrogens with zero attached hydrogens (tertiary/aromatic N) is 2. The van der Waals surface area contributed by atoms with Crippen LogP contribution in [0.4, 0.5) is 5.00 Å². The molecule has 1 unspecified atom stereocenters. The first-order chi connectivity index (χ1) is 8.49. The molecule has 0 aliphatic heterocycles. The predicted octanol–water partition coefficient (Wildman–Crippen LogP) is 2.53. The molecule has 2 aromatic heterocycles. The molecular formula is C12H16N4OS. The van der Waals surface area contributed by atoms with E-state index in [9.17, 15) is 4.79 Å². The second-order valence-corrected chi connectivity index (χ2v) is 5.20. The van der Waals surface area contributed by atoms with Crippen LogP contribution in [-0.4, -0.2) is 20.5 Å². The van der Waals surface area contributed by atoms with Crippen molar-refractivity contribution in [2.24, 2.45) is 0 Å². The normalized spacial score (nSPS) is 12.4. The van der Waals surface area contributed by atoms with Crippen molar-refractivity contribution in [1.82, 2.24) is 14.6 Å². The van der Waals surface area contributed by atoms with Gasteiger partial charge < -0.3 is 5.32 Å². The quantitative estimate of drug-likeness (QED) is 0.895. The Kier molecular flexibility index (Phi) is 3.47. The first kappa shape index (κ1) is 12.8. The molecule has 2 aromatic rings. The zero-order valence-electron chi connectivity index (χ0n) is 10.9. The van der Waals surface area contributed by atoms with Crippen LogP contribution in [0.15, 0.2) is 6.07 Å². The summed E-state index contributed by atoms with van der Waals surface area (Å²) < 4.78 is 4.14. The summed E-state index contributed by atoms with van der Waals surface area (Å²) in [5, 5.41) is 10.7. The van der Waals surface area contributed by atoms with Gasteiger partial charge >= 0.3 is 0 Å². The maximum atomic E-state index is 12.2. The van der Waals surface area contributed by atoms with E-state index in [1.807, 2.05) is 33.8 Å². The van der Waals surface area contributed by atoms with Gasteiger partial charge in [-0.15, -0.1) is 0 Å². The smallest absolute Gasteiger partial charge is 0.232 e. The fourth-order valence-electron chi connectivity index (χ4n) is 1.98. The molecule has 18 heavy (non-hydrogen) atoms. The van der Waals surface area contributed by atoms with Gasteiger partial charge in [0.15, 0.2) is 0 Å². The number of hydrogen-bond donors (Lipinski definition) is 2. The summed E-state index contributed by atoms with van der Waals surface area (Å²) in [4.78, 5) is 12.2. The van der Waals surface area contributed by atoms with E-state index in [1.54, 1.807) is 0 Å². The number of carbonyl (C=O) groups excluding carboxylic acids is 1. The van der Waals surface area contributed by atoms with Crippen molar-refractivity contribution in [3.8, 4) is 0 Å². The van der Waals surface area contributed by atoms with Crippen LogP contribution in [0.5, 0.6) is 0 Å². The molecule has 96 valence electrons. The Morgan fingerprint density at radius 2 is 2.17 bits per heavy atom. The van der Waals surface area contributed by atoms with Gasteiger partial charge in [0, 0.05) is 11.3 Å². The Bertz CT molecular complexity index is 553.